The molecule has 22 heavy (non-hydrogen) atoms. The van der Waals surface area contributed by atoms with E-state index in [1.165, 1.54) is 0 Å². The van der Waals surface area contributed by atoms with Gasteiger partial charge in [-0.15, -0.1) is 0 Å². The van der Waals surface area contributed by atoms with Crippen molar-refractivity contribution in [2.45, 2.75) is 18.4 Å². The monoisotopic (exact) mass is 293 g/mol. The minimum atomic E-state index is -0.829. The number of nitrogens with zero attached hydrogens (tertiary/aromatic N) is 2. The van der Waals surface area contributed by atoms with Crippen molar-refractivity contribution in [2.24, 2.45) is 10.7 Å². The van der Waals surface area contributed by atoms with Crippen LogP contribution < -0.4 is 5.73 Å². The summed E-state index contributed by atoms with van der Waals surface area (Å²) in [5, 5.41) is 0. The first-order valence-corrected chi connectivity index (χ1v) is 7.25. The molecule has 1 aromatic carbocycles. The Morgan fingerprint density at radius 1 is 1.18 bits per heavy atom. The molecule has 1 spiro atoms. The number of nitrogens with two attached hydrogens (primary N) is 1. The van der Waals surface area contributed by atoms with Crippen LogP contribution in [0.1, 0.15) is 22.3 Å². The van der Waals surface area contributed by atoms with Gasteiger partial charge in [0.1, 0.15) is 6.61 Å². The van der Waals surface area contributed by atoms with Crippen LogP contribution in [0.2, 0.25) is 0 Å². The molecule has 0 radical (unpaired) electrons. The van der Waals surface area contributed by atoms with E-state index in [1.54, 1.807) is 6.20 Å². The highest BCUT2D eigenvalue weighted by molar-refractivity contribution is 6.08. The lowest BCUT2D eigenvalue weighted by Gasteiger charge is -2.30. The van der Waals surface area contributed by atoms with Gasteiger partial charge in [-0.1, -0.05) is 24.3 Å². The summed E-state index contributed by atoms with van der Waals surface area (Å²) in [6, 6.07) is 9.82. The highest BCUT2D eigenvalue weighted by atomic mass is 16.5. The third kappa shape index (κ3) is 1.82. The van der Waals surface area contributed by atoms with E-state index >= 15 is 0 Å². The van der Waals surface area contributed by atoms with Gasteiger partial charge in [-0.3, -0.25) is 9.78 Å². The Balaban J connectivity index is 1.83. The maximum Gasteiger partial charge on any atom is 0.283 e. The molecule has 0 saturated carbocycles. The Morgan fingerprint density at radius 3 is 2.77 bits per heavy atom. The normalized spacial score (nSPS) is 23.1. The molecule has 4 rings (SSSR count). The lowest BCUT2D eigenvalue weighted by molar-refractivity contribution is 0.0835. The molecule has 110 valence electrons. The van der Waals surface area contributed by atoms with Crippen LogP contribution in [0.15, 0.2) is 47.7 Å². The molecule has 0 saturated heterocycles. The average molecular weight is 293 g/mol. The number of hydrogen-bond acceptors (Lipinski definition) is 5. The van der Waals surface area contributed by atoms with Gasteiger partial charge in [0.2, 0.25) is 0 Å². The summed E-state index contributed by atoms with van der Waals surface area (Å²) < 4.78 is 5.24. The molecule has 1 aliphatic carbocycles. The van der Waals surface area contributed by atoms with Gasteiger partial charge in [-0.05, 0) is 30.0 Å². The topological polar surface area (TPSA) is 77.6 Å². The lowest BCUT2D eigenvalue weighted by Crippen LogP contribution is -2.42. The zero-order chi connectivity index (χ0) is 15.2. The van der Waals surface area contributed by atoms with E-state index in [9.17, 15) is 4.79 Å². The zero-order valence-corrected chi connectivity index (χ0v) is 12.0. The lowest BCUT2D eigenvalue weighted by atomic mass is 9.76. The first kappa shape index (κ1) is 13.0. The molecule has 0 bridgehead atoms. The van der Waals surface area contributed by atoms with E-state index in [0.29, 0.717) is 6.42 Å². The van der Waals surface area contributed by atoms with Crippen LogP contribution in [0.3, 0.4) is 0 Å². The molecule has 5 heteroatoms. The van der Waals surface area contributed by atoms with Crippen molar-refractivity contribution in [3.63, 3.8) is 0 Å². The van der Waals surface area contributed by atoms with Crippen LogP contribution in [-0.4, -0.2) is 28.9 Å². The summed E-state index contributed by atoms with van der Waals surface area (Å²) in [7, 11) is 0. The Bertz CT molecular complexity index is 786. The quantitative estimate of drug-likeness (QED) is 0.872. The van der Waals surface area contributed by atoms with E-state index in [0.717, 1.165) is 28.7 Å². The minimum absolute atomic E-state index is 0.0000553. The molecule has 2 aromatic rings. The predicted molar refractivity (Wildman–Crippen MR) is 82.6 cm³/mol. The van der Waals surface area contributed by atoms with Crippen molar-refractivity contribution in [3.8, 4) is 11.1 Å². The molecule has 2 aliphatic rings. The number of carbonyl (C=O) groups excluding carboxylic acids is 1. The smallest absolute Gasteiger partial charge is 0.283 e. The molecular formula is C17H15N3O2. The fourth-order valence-corrected chi connectivity index (χ4v) is 3.27. The maximum absolute atomic E-state index is 12.9. The van der Waals surface area contributed by atoms with Crippen LogP contribution in [0.25, 0.3) is 11.1 Å². The van der Waals surface area contributed by atoms with Crippen LogP contribution in [0.4, 0.5) is 0 Å². The number of Topliss-reactive ketones (excluding diaryl/α,β-unsaturated/α-hetero) is 1. The number of amidine groups is 1. The van der Waals surface area contributed by atoms with Crippen molar-refractivity contribution >= 4 is 11.8 Å². The highest BCUT2D eigenvalue weighted by Crippen LogP contribution is 2.38. The molecule has 1 aromatic heterocycles. The van der Waals surface area contributed by atoms with E-state index in [1.807, 2.05) is 36.5 Å². The van der Waals surface area contributed by atoms with E-state index in [4.69, 9.17) is 10.5 Å². The zero-order valence-electron chi connectivity index (χ0n) is 12.0. The van der Waals surface area contributed by atoms with Crippen LogP contribution in [0, 0.1) is 0 Å². The molecule has 5 nitrogen and oxygen atoms in total. The van der Waals surface area contributed by atoms with Gasteiger partial charge in [0.05, 0.1) is 0 Å². The van der Waals surface area contributed by atoms with Gasteiger partial charge in [0.15, 0.2) is 11.3 Å². The van der Waals surface area contributed by atoms with Gasteiger partial charge in [-0.25, -0.2) is 4.99 Å². The molecular weight excluding hydrogens is 278 g/mol. The average Bonchev–Trinajstić information content (AvgIpc) is 2.94. The summed E-state index contributed by atoms with van der Waals surface area (Å²) in [5.74, 6) is -0.0000553. The first-order chi connectivity index (χ1) is 10.7. The third-order valence-electron chi connectivity index (χ3n) is 4.39. The second-order valence-electron chi connectivity index (χ2n) is 5.67. The van der Waals surface area contributed by atoms with Gasteiger partial charge >= 0.3 is 0 Å². The van der Waals surface area contributed by atoms with Crippen molar-refractivity contribution in [2.75, 3.05) is 6.61 Å². The number of rotatable bonds is 1. The second kappa shape index (κ2) is 4.66. The third-order valence-corrected chi connectivity index (χ3v) is 4.39. The largest absolute Gasteiger partial charge is 0.462 e. The fourth-order valence-electron chi connectivity index (χ4n) is 3.27. The SMILES string of the molecule is NC1=NC2(CCc3c(cccc3-c3cccnc3)C2=O)CO1. The summed E-state index contributed by atoms with van der Waals surface area (Å²) in [5.41, 5.74) is 8.64. The molecule has 0 amide bonds. The second-order valence-corrected chi connectivity index (χ2v) is 5.67. The minimum Gasteiger partial charge on any atom is -0.462 e. The number of carbonyl (C=O) groups is 1. The Hall–Kier alpha value is -2.69. The van der Waals surface area contributed by atoms with Crippen molar-refractivity contribution in [1.29, 1.82) is 0 Å². The van der Waals surface area contributed by atoms with E-state index in [2.05, 4.69) is 9.98 Å². The highest BCUT2D eigenvalue weighted by Gasteiger charge is 2.47. The van der Waals surface area contributed by atoms with Crippen molar-refractivity contribution in [3.05, 3.63) is 53.9 Å². The maximum atomic E-state index is 12.9. The summed E-state index contributed by atoms with van der Waals surface area (Å²) in [4.78, 5) is 21.4. The molecule has 1 aliphatic heterocycles. The van der Waals surface area contributed by atoms with E-state index in [-0.39, 0.29) is 18.4 Å². The number of ketones is 1. The van der Waals surface area contributed by atoms with Gasteiger partial charge in [0, 0.05) is 23.5 Å². The Morgan fingerprint density at radius 2 is 2.05 bits per heavy atom. The number of aromatic nitrogens is 1. The Labute approximate surface area is 127 Å². The van der Waals surface area contributed by atoms with Gasteiger partial charge < -0.3 is 10.5 Å². The fraction of sp³-hybridized carbons (Fsp3) is 0.235. The summed E-state index contributed by atoms with van der Waals surface area (Å²) in [6.07, 6.45) is 4.95. The molecule has 1 unspecified atom stereocenters. The first-order valence-electron chi connectivity index (χ1n) is 7.25. The number of pyridine rings is 1. The Kier molecular flexibility index (Phi) is 2.76. The standard InChI is InChI=1S/C17H15N3O2/c18-16-20-17(10-22-16)7-6-13-12(11-3-2-8-19-9-11)4-1-5-14(13)15(17)21/h1-5,8-9H,6-7,10H2,(H2,18,20). The number of benzene rings is 1. The van der Waals surface area contributed by atoms with Crippen LogP contribution in [-0.2, 0) is 11.2 Å². The predicted octanol–water partition coefficient (Wildman–Crippen LogP) is 1.96. The van der Waals surface area contributed by atoms with Gasteiger partial charge in [-0.2, -0.15) is 0 Å². The molecule has 0 fully saturated rings. The van der Waals surface area contributed by atoms with E-state index < -0.39 is 5.54 Å². The van der Waals surface area contributed by atoms with Crippen LogP contribution >= 0.6 is 0 Å². The number of ether oxygens (including phenoxy) is 1. The molecule has 2 heterocycles. The number of hydrogen-bond donors (Lipinski definition) is 1. The van der Waals surface area contributed by atoms with Crippen molar-refractivity contribution < 1.29 is 9.53 Å². The molecule has 2 N–H and O–H groups in total. The summed E-state index contributed by atoms with van der Waals surface area (Å²) in [6.45, 7) is 0.244. The molecule has 1 atom stereocenters. The van der Waals surface area contributed by atoms with Crippen LogP contribution in [0.5, 0.6) is 0 Å². The number of fused-ring (bicyclic) bond motifs is 1. The van der Waals surface area contributed by atoms with Gasteiger partial charge in [0.25, 0.3) is 6.02 Å². The van der Waals surface area contributed by atoms with Crippen molar-refractivity contribution in [1.82, 2.24) is 4.98 Å². The number of aliphatic imine (C=N–C) groups is 1. The summed E-state index contributed by atoms with van der Waals surface area (Å²) >= 11 is 0.